The third kappa shape index (κ3) is 2.72. The van der Waals surface area contributed by atoms with Gasteiger partial charge < -0.3 is 5.32 Å². The Balaban J connectivity index is 1.92. The molecule has 0 radical (unpaired) electrons. The van der Waals surface area contributed by atoms with Crippen molar-refractivity contribution in [1.29, 1.82) is 0 Å². The number of benzene rings is 3. The Morgan fingerprint density at radius 3 is 2.48 bits per heavy atom. The molecule has 1 nitrogen and oxygen atoms in total. The molecule has 1 aliphatic heterocycles. The first-order chi connectivity index (χ1) is 12.0. The van der Waals surface area contributed by atoms with Crippen molar-refractivity contribution in [2.24, 2.45) is 5.92 Å². The molecule has 0 amide bonds. The molecule has 1 N–H and O–H groups in total. The second kappa shape index (κ2) is 5.91. The second-order valence-electron chi connectivity index (χ2n) is 8.12. The van der Waals surface area contributed by atoms with Crippen LogP contribution in [0.5, 0.6) is 0 Å². The quantitative estimate of drug-likeness (QED) is 0.589. The van der Waals surface area contributed by atoms with E-state index in [0.29, 0.717) is 5.92 Å². The Kier molecular flexibility index (Phi) is 3.83. The molecule has 0 spiro atoms. The monoisotopic (exact) mass is 329 g/mol. The van der Waals surface area contributed by atoms with Crippen LogP contribution in [0.2, 0.25) is 0 Å². The molecule has 0 aliphatic carbocycles. The molecule has 1 heteroatoms. The molecule has 0 saturated carbocycles. The normalized spacial score (nSPS) is 19.2. The van der Waals surface area contributed by atoms with E-state index in [2.05, 4.69) is 87.6 Å². The van der Waals surface area contributed by atoms with Crippen LogP contribution in [0.25, 0.3) is 10.8 Å². The van der Waals surface area contributed by atoms with Crippen LogP contribution in [0.1, 0.15) is 42.5 Å². The molecule has 1 heterocycles. The van der Waals surface area contributed by atoms with Crippen LogP contribution >= 0.6 is 0 Å². The summed E-state index contributed by atoms with van der Waals surface area (Å²) in [6.45, 7) is 9.09. The van der Waals surface area contributed by atoms with Gasteiger partial charge in [0.05, 0.1) is 5.54 Å². The highest BCUT2D eigenvalue weighted by Gasteiger charge is 2.38. The minimum atomic E-state index is -0.0331. The Labute approximate surface area is 151 Å². The number of anilines is 1. The molecule has 0 bridgehead atoms. The molecule has 1 aliphatic rings. The average Bonchev–Trinajstić information content (AvgIpc) is 2.54. The van der Waals surface area contributed by atoms with Crippen LogP contribution < -0.4 is 5.32 Å². The van der Waals surface area contributed by atoms with Gasteiger partial charge in [-0.05, 0) is 54.3 Å². The van der Waals surface area contributed by atoms with Gasteiger partial charge in [-0.25, -0.2) is 0 Å². The fraction of sp³-hybridized carbons (Fsp3) is 0.333. The molecular formula is C24H27N. The van der Waals surface area contributed by atoms with E-state index in [-0.39, 0.29) is 5.54 Å². The third-order valence-corrected chi connectivity index (χ3v) is 5.51. The summed E-state index contributed by atoms with van der Waals surface area (Å²) in [6.07, 6.45) is 2.17. The number of hydrogen-bond acceptors (Lipinski definition) is 1. The van der Waals surface area contributed by atoms with Gasteiger partial charge in [0.15, 0.2) is 0 Å². The highest BCUT2D eigenvalue weighted by atomic mass is 15.0. The minimum Gasteiger partial charge on any atom is -0.375 e. The average molecular weight is 329 g/mol. The van der Waals surface area contributed by atoms with Crippen molar-refractivity contribution in [3.8, 4) is 0 Å². The van der Waals surface area contributed by atoms with Gasteiger partial charge in [0.2, 0.25) is 0 Å². The van der Waals surface area contributed by atoms with Crippen LogP contribution in [0.3, 0.4) is 0 Å². The summed E-state index contributed by atoms with van der Waals surface area (Å²) in [5.74, 6) is 0.623. The molecule has 3 aromatic carbocycles. The summed E-state index contributed by atoms with van der Waals surface area (Å²) in [5.41, 5.74) is 6.87. The molecule has 128 valence electrons. The fourth-order valence-electron chi connectivity index (χ4n) is 4.74. The number of rotatable bonds is 3. The molecule has 3 aromatic rings. The van der Waals surface area contributed by atoms with Crippen molar-refractivity contribution in [1.82, 2.24) is 0 Å². The van der Waals surface area contributed by atoms with Gasteiger partial charge in [-0.3, -0.25) is 0 Å². The van der Waals surface area contributed by atoms with Crippen molar-refractivity contribution in [3.63, 3.8) is 0 Å². The van der Waals surface area contributed by atoms with Gasteiger partial charge >= 0.3 is 0 Å². The van der Waals surface area contributed by atoms with E-state index in [1.165, 1.54) is 38.7 Å². The van der Waals surface area contributed by atoms with E-state index in [4.69, 9.17) is 0 Å². The van der Waals surface area contributed by atoms with Crippen LogP contribution in [0, 0.1) is 19.8 Å². The van der Waals surface area contributed by atoms with Crippen LogP contribution in [-0.2, 0) is 12.0 Å². The zero-order chi connectivity index (χ0) is 17.6. The Bertz CT molecular complexity index is 895. The lowest BCUT2D eigenvalue weighted by atomic mass is 9.73. The fourth-order valence-corrected chi connectivity index (χ4v) is 4.74. The summed E-state index contributed by atoms with van der Waals surface area (Å²) in [4.78, 5) is 0. The van der Waals surface area contributed by atoms with Crippen LogP contribution in [0.4, 0.5) is 5.69 Å². The third-order valence-electron chi connectivity index (χ3n) is 5.51. The highest BCUT2D eigenvalue weighted by molar-refractivity contribution is 5.98. The number of hydrogen-bond donors (Lipinski definition) is 1. The Morgan fingerprint density at radius 2 is 1.76 bits per heavy atom. The number of nitrogens with one attached hydrogen (secondary N) is 1. The van der Waals surface area contributed by atoms with Crippen molar-refractivity contribution in [2.45, 2.75) is 46.1 Å². The van der Waals surface area contributed by atoms with E-state index in [9.17, 15) is 0 Å². The van der Waals surface area contributed by atoms with E-state index >= 15 is 0 Å². The lowest BCUT2D eigenvalue weighted by Gasteiger charge is -2.43. The van der Waals surface area contributed by atoms with Gasteiger partial charge in [0.25, 0.3) is 0 Å². The first-order valence-corrected chi connectivity index (χ1v) is 9.35. The molecule has 0 fully saturated rings. The first-order valence-electron chi connectivity index (χ1n) is 9.35. The van der Waals surface area contributed by atoms with Crippen LogP contribution in [0.15, 0.2) is 54.6 Å². The van der Waals surface area contributed by atoms with Crippen LogP contribution in [-0.4, -0.2) is 0 Å². The lowest BCUT2D eigenvalue weighted by molar-refractivity contribution is 0.374. The smallest absolute Gasteiger partial charge is 0.0670 e. The maximum Gasteiger partial charge on any atom is 0.0670 e. The molecule has 25 heavy (non-hydrogen) atoms. The summed E-state index contributed by atoms with van der Waals surface area (Å²) >= 11 is 0. The summed E-state index contributed by atoms with van der Waals surface area (Å²) < 4.78 is 0. The predicted octanol–water partition coefficient (Wildman–Crippen LogP) is 6.37. The molecular weight excluding hydrogens is 302 g/mol. The molecule has 1 unspecified atom stereocenters. The Hall–Kier alpha value is -2.28. The van der Waals surface area contributed by atoms with E-state index in [1.807, 2.05) is 0 Å². The zero-order valence-corrected chi connectivity index (χ0v) is 15.7. The predicted molar refractivity (Wildman–Crippen MR) is 108 cm³/mol. The lowest BCUT2D eigenvalue weighted by Crippen LogP contribution is -2.42. The first kappa shape index (κ1) is 16.2. The van der Waals surface area contributed by atoms with Gasteiger partial charge in [-0.15, -0.1) is 0 Å². The van der Waals surface area contributed by atoms with Crippen molar-refractivity contribution in [2.75, 3.05) is 5.32 Å². The maximum atomic E-state index is 3.98. The number of aryl methyl sites for hydroxylation is 2. The minimum absolute atomic E-state index is 0.0331. The summed E-state index contributed by atoms with van der Waals surface area (Å²) in [6, 6.07) is 20.3. The van der Waals surface area contributed by atoms with Crippen molar-refractivity contribution in [3.05, 3.63) is 76.9 Å². The zero-order valence-electron chi connectivity index (χ0n) is 15.7. The van der Waals surface area contributed by atoms with Gasteiger partial charge in [-0.1, -0.05) is 67.9 Å². The maximum absolute atomic E-state index is 3.98. The topological polar surface area (TPSA) is 12.0 Å². The molecule has 0 aromatic heterocycles. The SMILES string of the molecule is Cc1ccc(C2(CC(C)C)Cc3cccc4cccc(c34)N2)c(C)c1. The van der Waals surface area contributed by atoms with Crippen molar-refractivity contribution < 1.29 is 0 Å². The van der Waals surface area contributed by atoms with Gasteiger partial charge in [-0.2, -0.15) is 0 Å². The standard InChI is InChI=1S/C24H27N/c1-16(2)14-24(21-12-11-17(3)13-18(21)4)15-20-9-5-7-19-8-6-10-22(25-24)23(19)20/h5-13,16,25H,14-15H2,1-4H3. The van der Waals surface area contributed by atoms with E-state index < -0.39 is 0 Å². The van der Waals surface area contributed by atoms with Gasteiger partial charge in [0, 0.05) is 17.5 Å². The molecule has 4 rings (SSSR count). The van der Waals surface area contributed by atoms with Gasteiger partial charge in [0.1, 0.15) is 0 Å². The molecule has 1 atom stereocenters. The van der Waals surface area contributed by atoms with Crippen molar-refractivity contribution >= 4 is 16.5 Å². The highest BCUT2D eigenvalue weighted by Crippen LogP contribution is 2.45. The summed E-state index contributed by atoms with van der Waals surface area (Å²) in [7, 11) is 0. The largest absolute Gasteiger partial charge is 0.375 e. The second-order valence-corrected chi connectivity index (χ2v) is 8.12. The molecule has 0 saturated heterocycles. The van der Waals surface area contributed by atoms with E-state index in [1.54, 1.807) is 0 Å². The van der Waals surface area contributed by atoms with E-state index in [0.717, 1.165) is 12.8 Å². The summed E-state index contributed by atoms with van der Waals surface area (Å²) in [5, 5.41) is 6.71. The Morgan fingerprint density at radius 1 is 1.00 bits per heavy atom.